The van der Waals surface area contributed by atoms with Gasteiger partial charge >= 0.3 is 0 Å². The fourth-order valence-electron chi connectivity index (χ4n) is 2.83. The fourth-order valence-corrected chi connectivity index (χ4v) is 4.08. The van der Waals surface area contributed by atoms with Crippen molar-refractivity contribution >= 4 is 41.0 Å². The van der Waals surface area contributed by atoms with Crippen molar-refractivity contribution in [1.82, 2.24) is 9.29 Å². The van der Waals surface area contributed by atoms with Crippen molar-refractivity contribution in [1.29, 1.82) is 0 Å². The number of carbonyl (C=O) groups is 1. The van der Waals surface area contributed by atoms with E-state index in [9.17, 15) is 9.18 Å². The van der Waals surface area contributed by atoms with Gasteiger partial charge in [-0.25, -0.2) is 9.37 Å². The minimum atomic E-state index is -0.482. The number of amidine groups is 1. The molecule has 1 aromatic heterocycles. The van der Waals surface area contributed by atoms with E-state index in [1.54, 1.807) is 24.1 Å². The average Bonchev–Trinajstić information content (AvgIpc) is 2.72. The number of carbonyl (C=O) groups excluding carboxylic acids is 1. The van der Waals surface area contributed by atoms with Crippen LogP contribution in [-0.2, 0) is 0 Å². The first-order valence-electron chi connectivity index (χ1n) is 8.62. The van der Waals surface area contributed by atoms with Crippen molar-refractivity contribution in [2.24, 2.45) is 10.7 Å². The van der Waals surface area contributed by atoms with Gasteiger partial charge in [0.1, 0.15) is 17.3 Å². The molecule has 28 heavy (non-hydrogen) atoms. The van der Waals surface area contributed by atoms with Crippen LogP contribution in [0, 0.1) is 5.82 Å². The van der Waals surface area contributed by atoms with Gasteiger partial charge in [0.15, 0.2) is 0 Å². The van der Waals surface area contributed by atoms with Gasteiger partial charge in [-0.2, -0.15) is 0 Å². The maximum atomic E-state index is 14.6. The average molecular weight is 422 g/mol. The highest BCUT2D eigenvalue weighted by atomic mass is 35.5. The first-order chi connectivity index (χ1) is 13.2. The van der Waals surface area contributed by atoms with Crippen LogP contribution in [0.25, 0.3) is 0 Å². The normalized spacial score (nSPS) is 19.6. The smallest absolute Gasteiger partial charge is 0.274 e. The highest BCUT2D eigenvalue weighted by Crippen LogP contribution is 2.35. The maximum absolute atomic E-state index is 14.6. The molecular weight excluding hydrogens is 401 g/mol. The van der Waals surface area contributed by atoms with Crippen LogP contribution in [0.2, 0.25) is 5.02 Å². The summed E-state index contributed by atoms with van der Waals surface area (Å²) < 4.78 is 16.2. The fraction of sp³-hybridized carbons (Fsp3) is 0.316. The lowest BCUT2D eigenvalue weighted by atomic mass is 10.0. The molecule has 3 N–H and O–H groups in total. The van der Waals surface area contributed by atoms with E-state index in [-0.39, 0.29) is 10.4 Å². The standard InChI is InChI=1S/C19H21ClFN5OS/c1-19(2)18(22)25-16(10-26(3)28-19)13-8-12(5-6-14(13)21)24-17(27)15-7-4-11(20)9-23-15/h4-9,16H,10H2,1-3H3,(H2,22,25)(H,24,27)/t16-/m0/s1. The molecule has 3 rings (SSSR count). The Balaban J connectivity index is 1.88. The molecule has 0 bridgehead atoms. The monoisotopic (exact) mass is 421 g/mol. The van der Waals surface area contributed by atoms with Crippen LogP contribution in [0.4, 0.5) is 10.1 Å². The summed E-state index contributed by atoms with van der Waals surface area (Å²) in [5.41, 5.74) is 7.18. The highest BCUT2D eigenvalue weighted by molar-refractivity contribution is 7.99. The van der Waals surface area contributed by atoms with Crippen LogP contribution < -0.4 is 11.1 Å². The van der Waals surface area contributed by atoms with E-state index in [0.717, 1.165) is 0 Å². The van der Waals surface area contributed by atoms with Crippen molar-refractivity contribution in [2.75, 3.05) is 18.9 Å². The van der Waals surface area contributed by atoms with E-state index in [0.29, 0.717) is 28.7 Å². The number of amides is 1. The number of nitrogens with zero attached hydrogens (tertiary/aromatic N) is 3. The molecule has 0 saturated heterocycles. The number of aliphatic imine (C=N–C) groups is 1. The molecule has 1 atom stereocenters. The van der Waals surface area contributed by atoms with Crippen molar-refractivity contribution in [3.8, 4) is 0 Å². The molecule has 148 valence electrons. The highest BCUT2D eigenvalue weighted by Gasteiger charge is 2.32. The molecule has 9 heteroatoms. The van der Waals surface area contributed by atoms with Crippen LogP contribution in [0.15, 0.2) is 41.5 Å². The van der Waals surface area contributed by atoms with Crippen molar-refractivity contribution < 1.29 is 9.18 Å². The van der Waals surface area contributed by atoms with Gasteiger partial charge in [-0.15, -0.1) is 0 Å². The number of aromatic nitrogens is 1. The van der Waals surface area contributed by atoms with Crippen molar-refractivity contribution in [3.63, 3.8) is 0 Å². The van der Waals surface area contributed by atoms with E-state index in [1.165, 1.54) is 24.4 Å². The summed E-state index contributed by atoms with van der Waals surface area (Å²) in [6, 6.07) is 7.02. The molecule has 0 saturated carbocycles. The Kier molecular flexibility index (Phi) is 5.92. The zero-order valence-corrected chi connectivity index (χ0v) is 17.3. The number of nitrogens with two attached hydrogens (primary N) is 1. The molecule has 1 aliphatic rings. The molecule has 0 aliphatic carbocycles. The number of anilines is 1. The molecule has 0 fully saturated rings. The molecule has 1 amide bonds. The second kappa shape index (κ2) is 8.06. The lowest BCUT2D eigenvalue weighted by Gasteiger charge is -2.25. The third-order valence-corrected chi connectivity index (χ3v) is 5.65. The van der Waals surface area contributed by atoms with Crippen LogP contribution in [-0.4, -0.2) is 39.4 Å². The summed E-state index contributed by atoms with van der Waals surface area (Å²) in [6.07, 6.45) is 1.39. The second-order valence-electron chi connectivity index (χ2n) is 6.99. The number of benzene rings is 1. The van der Waals surface area contributed by atoms with E-state index < -0.39 is 17.8 Å². The summed E-state index contributed by atoms with van der Waals surface area (Å²) in [6.45, 7) is 4.44. The van der Waals surface area contributed by atoms with Crippen LogP contribution in [0.5, 0.6) is 0 Å². The van der Waals surface area contributed by atoms with E-state index in [2.05, 4.69) is 15.3 Å². The van der Waals surface area contributed by atoms with Gasteiger partial charge in [-0.05, 0) is 51.2 Å². The Hall–Kier alpha value is -2.16. The van der Waals surface area contributed by atoms with Gasteiger partial charge in [-0.1, -0.05) is 23.5 Å². The number of rotatable bonds is 3. The molecule has 0 unspecified atom stereocenters. The van der Waals surface area contributed by atoms with E-state index in [1.807, 2.05) is 25.2 Å². The summed E-state index contributed by atoms with van der Waals surface area (Å²) in [7, 11) is 1.92. The predicted octanol–water partition coefficient (Wildman–Crippen LogP) is 3.90. The van der Waals surface area contributed by atoms with Gasteiger partial charge in [-0.3, -0.25) is 14.1 Å². The number of hydrogen-bond donors (Lipinski definition) is 2. The molecule has 1 aliphatic heterocycles. The number of halogens is 2. The summed E-state index contributed by atoms with van der Waals surface area (Å²) in [5, 5.41) is 3.17. The largest absolute Gasteiger partial charge is 0.386 e. The summed E-state index contributed by atoms with van der Waals surface area (Å²) in [4.78, 5) is 20.9. The van der Waals surface area contributed by atoms with Crippen molar-refractivity contribution in [2.45, 2.75) is 24.6 Å². The second-order valence-corrected chi connectivity index (χ2v) is 9.26. The topological polar surface area (TPSA) is 83.6 Å². The third kappa shape index (κ3) is 4.63. The molecule has 2 heterocycles. The number of pyridine rings is 1. The lowest BCUT2D eigenvalue weighted by molar-refractivity contribution is 0.102. The van der Waals surface area contributed by atoms with Gasteiger partial charge in [0, 0.05) is 24.0 Å². The minimum Gasteiger partial charge on any atom is -0.386 e. The lowest BCUT2D eigenvalue weighted by Crippen LogP contribution is -2.36. The molecule has 2 aromatic rings. The Morgan fingerprint density at radius 2 is 2.14 bits per heavy atom. The van der Waals surface area contributed by atoms with Gasteiger partial charge in [0.25, 0.3) is 5.91 Å². The molecule has 6 nitrogen and oxygen atoms in total. The van der Waals surface area contributed by atoms with Crippen molar-refractivity contribution in [3.05, 3.63) is 58.6 Å². The Morgan fingerprint density at radius 3 is 2.82 bits per heavy atom. The van der Waals surface area contributed by atoms with Crippen LogP contribution in [0.1, 0.15) is 35.9 Å². The Morgan fingerprint density at radius 1 is 1.39 bits per heavy atom. The van der Waals surface area contributed by atoms with Gasteiger partial charge in [0.2, 0.25) is 0 Å². The van der Waals surface area contributed by atoms with Crippen LogP contribution in [0.3, 0.4) is 0 Å². The summed E-state index contributed by atoms with van der Waals surface area (Å²) >= 11 is 7.35. The number of hydrogen-bond acceptors (Lipinski definition) is 6. The number of likely N-dealkylation sites (N-methyl/N-ethyl adjacent to an activating group) is 1. The first-order valence-corrected chi connectivity index (χ1v) is 9.77. The Bertz CT molecular complexity index is 919. The zero-order valence-electron chi connectivity index (χ0n) is 15.7. The predicted molar refractivity (Wildman–Crippen MR) is 112 cm³/mol. The quantitative estimate of drug-likeness (QED) is 0.734. The molecular formula is C19H21ClFN5OS. The third-order valence-electron chi connectivity index (χ3n) is 4.30. The summed E-state index contributed by atoms with van der Waals surface area (Å²) in [5.74, 6) is -0.361. The van der Waals surface area contributed by atoms with Gasteiger partial charge in [0.05, 0.1) is 15.8 Å². The van der Waals surface area contributed by atoms with E-state index in [4.69, 9.17) is 17.3 Å². The molecule has 0 spiro atoms. The first kappa shape index (κ1) is 20.6. The maximum Gasteiger partial charge on any atom is 0.274 e. The minimum absolute atomic E-state index is 0.213. The van der Waals surface area contributed by atoms with Crippen LogP contribution >= 0.6 is 23.5 Å². The Labute approximate surface area is 172 Å². The number of nitrogens with one attached hydrogen (secondary N) is 1. The zero-order chi connectivity index (χ0) is 20.5. The molecule has 0 radical (unpaired) electrons. The van der Waals surface area contributed by atoms with Gasteiger partial charge < -0.3 is 11.1 Å². The molecule has 1 aromatic carbocycles. The van der Waals surface area contributed by atoms with E-state index >= 15 is 0 Å². The SMILES string of the molecule is CN1C[C@@H](c2cc(NC(=O)c3ccc(Cl)cn3)ccc2F)N=C(N)C(C)(C)S1.